The SMILES string of the molecule is C#CCN(CC#C)Cc1ccc(C(=O)N(C)Cc2ccccc2)cc1. The van der Waals surface area contributed by atoms with Gasteiger partial charge < -0.3 is 4.90 Å². The van der Waals surface area contributed by atoms with Crippen molar-refractivity contribution >= 4 is 5.91 Å². The number of hydrogen-bond acceptors (Lipinski definition) is 2. The minimum absolute atomic E-state index is 0.000455. The first-order valence-electron chi connectivity index (χ1n) is 8.11. The molecule has 0 heterocycles. The lowest BCUT2D eigenvalue weighted by Crippen LogP contribution is -2.26. The van der Waals surface area contributed by atoms with Crippen molar-refractivity contribution in [2.75, 3.05) is 20.1 Å². The van der Waals surface area contributed by atoms with Crippen LogP contribution in [-0.4, -0.2) is 35.8 Å². The molecule has 0 aliphatic rings. The van der Waals surface area contributed by atoms with Gasteiger partial charge in [0.15, 0.2) is 0 Å². The molecule has 0 bridgehead atoms. The molecule has 2 aromatic carbocycles. The second-order valence-electron chi connectivity index (χ2n) is 5.90. The summed E-state index contributed by atoms with van der Waals surface area (Å²) in [5.74, 6) is 5.22. The van der Waals surface area contributed by atoms with E-state index in [0.29, 0.717) is 31.7 Å². The minimum atomic E-state index is -0.000455. The van der Waals surface area contributed by atoms with E-state index in [1.54, 1.807) is 4.90 Å². The first-order valence-corrected chi connectivity index (χ1v) is 8.11. The number of amides is 1. The Morgan fingerprint density at radius 3 is 2.00 bits per heavy atom. The Hall–Kier alpha value is -3.01. The van der Waals surface area contributed by atoms with Crippen molar-refractivity contribution in [3.63, 3.8) is 0 Å². The van der Waals surface area contributed by atoms with Gasteiger partial charge in [0.05, 0.1) is 13.1 Å². The van der Waals surface area contributed by atoms with E-state index in [4.69, 9.17) is 12.8 Å². The average molecular weight is 330 g/mol. The predicted molar refractivity (Wildman–Crippen MR) is 102 cm³/mol. The third-order valence-corrected chi connectivity index (χ3v) is 3.85. The molecule has 0 fully saturated rings. The maximum Gasteiger partial charge on any atom is 0.253 e. The fraction of sp³-hybridized carbons (Fsp3) is 0.227. The largest absolute Gasteiger partial charge is 0.337 e. The molecule has 0 N–H and O–H groups in total. The molecule has 25 heavy (non-hydrogen) atoms. The van der Waals surface area contributed by atoms with Gasteiger partial charge in [-0.3, -0.25) is 9.69 Å². The first kappa shape index (κ1) is 18.3. The minimum Gasteiger partial charge on any atom is -0.337 e. The van der Waals surface area contributed by atoms with E-state index in [0.717, 1.165) is 11.1 Å². The van der Waals surface area contributed by atoms with E-state index in [1.165, 1.54) is 0 Å². The van der Waals surface area contributed by atoms with E-state index in [1.807, 2.05) is 66.5 Å². The summed E-state index contributed by atoms with van der Waals surface area (Å²) in [5, 5.41) is 0. The summed E-state index contributed by atoms with van der Waals surface area (Å²) < 4.78 is 0. The number of nitrogens with zero attached hydrogens (tertiary/aromatic N) is 2. The standard InChI is InChI=1S/C22H22N2O/c1-4-15-24(16-5-2)18-20-11-13-21(14-12-20)22(25)23(3)17-19-9-7-6-8-10-19/h1-2,6-14H,15-18H2,3H3. The molecular weight excluding hydrogens is 308 g/mol. The zero-order chi connectivity index (χ0) is 18.1. The van der Waals surface area contributed by atoms with E-state index in [9.17, 15) is 4.79 Å². The number of carbonyl (C=O) groups is 1. The summed E-state index contributed by atoms with van der Waals surface area (Å²) >= 11 is 0. The zero-order valence-corrected chi connectivity index (χ0v) is 14.5. The van der Waals surface area contributed by atoms with Crippen LogP contribution in [0.5, 0.6) is 0 Å². The van der Waals surface area contributed by atoms with E-state index in [-0.39, 0.29) is 5.91 Å². The van der Waals surface area contributed by atoms with Crippen molar-refractivity contribution in [3.05, 3.63) is 71.3 Å². The van der Waals surface area contributed by atoms with Crippen molar-refractivity contribution in [3.8, 4) is 24.7 Å². The molecule has 0 aliphatic heterocycles. The van der Waals surface area contributed by atoms with Crippen molar-refractivity contribution in [2.45, 2.75) is 13.1 Å². The van der Waals surface area contributed by atoms with Crippen LogP contribution in [0.2, 0.25) is 0 Å². The van der Waals surface area contributed by atoms with Gasteiger partial charge in [-0.15, -0.1) is 12.8 Å². The second kappa shape index (κ2) is 9.33. The van der Waals surface area contributed by atoms with Crippen LogP contribution in [0.15, 0.2) is 54.6 Å². The number of benzene rings is 2. The van der Waals surface area contributed by atoms with Gasteiger partial charge in [0, 0.05) is 25.7 Å². The van der Waals surface area contributed by atoms with E-state index in [2.05, 4.69) is 11.8 Å². The molecule has 1 amide bonds. The highest BCUT2D eigenvalue weighted by molar-refractivity contribution is 5.94. The van der Waals surface area contributed by atoms with Gasteiger partial charge in [0.25, 0.3) is 5.91 Å². The summed E-state index contributed by atoms with van der Waals surface area (Å²) in [4.78, 5) is 16.3. The van der Waals surface area contributed by atoms with Crippen LogP contribution in [0.25, 0.3) is 0 Å². The molecule has 0 saturated heterocycles. The highest BCUT2D eigenvalue weighted by Crippen LogP contribution is 2.11. The summed E-state index contributed by atoms with van der Waals surface area (Å²) in [6.07, 6.45) is 10.7. The molecule has 2 rings (SSSR count). The third-order valence-electron chi connectivity index (χ3n) is 3.85. The Kier molecular flexibility index (Phi) is 6.84. The van der Waals surface area contributed by atoms with Crippen molar-refractivity contribution in [1.82, 2.24) is 9.80 Å². The van der Waals surface area contributed by atoms with Crippen LogP contribution in [0.1, 0.15) is 21.5 Å². The van der Waals surface area contributed by atoms with Gasteiger partial charge in [-0.25, -0.2) is 0 Å². The lowest BCUT2D eigenvalue weighted by Gasteiger charge is -2.19. The lowest BCUT2D eigenvalue weighted by atomic mass is 10.1. The van der Waals surface area contributed by atoms with Crippen molar-refractivity contribution in [1.29, 1.82) is 0 Å². The number of hydrogen-bond donors (Lipinski definition) is 0. The number of rotatable bonds is 7. The predicted octanol–water partition coefficient (Wildman–Crippen LogP) is 3.03. The van der Waals surface area contributed by atoms with Crippen LogP contribution >= 0.6 is 0 Å². The zero-order valence-electron chi connectivity index (χ0n) is 14.5. The molecule has 0 aromatic heterocycles. The molecule has 3 nitrogen and oxygen atoms in total. The van der Waals surface area contributed by atoms with Crippen LogP contribution < -0.4 is 0 Å². The Morgan fingerprint density at radius 2 is 1.44 bits per heavy atom. The number of carbonyl (C=O) groups excluding carboxylic acids is 1. The van der Waals surface area contributed by atoms with Crippen LogP contribution in [0, 0.1) is 24.7 Å². The monoisotopic (exact) mass is 330 g/mol. The van der Waals surface area contributed by atoms with Crippen LogP contribution in [0.3, 0.4) is 0 Å². The molecule has 0 saturated carbocycles. The first-order chi connectivity index (χ1) is 12.1. The second-order valence-corrected chi connectivity index (χ2v) is 5.90. The summed E-state index contributed by atoms with van der Waals surface area (Å²) in [6.45, 7) is 2.26. The maximum atomic E-state index is 12.5. The summed E-state index contributed by atoms with van der Waals surface area (Å²) in [5.41, 5.74) is 2.85. The summed E-state index contributed by atoms with van der Waals surface area (Å²) in [7, 11) is 1.81. The Morgan fingerprint density at radius 1 is 0.880 bits per heavy atom. The highest BCUT2D eigenvalue weighted by atomic mass is 16.2. The Labute approximate surface area is 150 Å². The third kappa shape index (κ3) is 5.53. The summed E-state index contributed by atoms with van der Waals surface area (Å²) in [6, 6.07) is 17.5. The number of terminal acetylenes is 2. The molecule has 0 aliphatic carbocycles. The van der Waals surface area contributed by atoms with E-state index < -0.39 is 0 Å². The molecule has 3 heteroatoms. The van der Waals surface area contributed by atoms with E-state index >= 15 is 0 Å². The highest BCUT2D eigenvalue weighted by Gasteiger charge is 2.12. The fourth-order valence-electron chi connectivity index (χ4n) is 2.59. The Balaban J connectivity index is 2.00. The lowest BCUT2D eigenvalue weighted by molar-refractivity contribution is 0.0785. The van der Waals surface area contributed by atoms with Gasteiger partial charge in [0.2, 0.25) is 0 Å². The fourth-order valence-corrected chi connectivity index (χ4v) is 2.59. The van der Waals surface area contributed by atoms with Gasteiger partial charge >= 0.3 is 0 Å². The topological polar surface area (TPSA) is 23.6 Å². The molecular formula is C22H22N2O. The Bertz CT molecular complexity index is 750. The van der Waals surface area contributed by atoms with Crippen molar-refractivity contribution in [2.24, 2.45) is 0 Å². The molecule has 2 aromatic rings. The average Bonchev–Trinajstić information content (AvgIpc) is 2.63. The molecule has 0 atom stereocenters. The molecule has 0 spiro atoms. The van der Waals surface area contributed by atoms with Gasteiger partial charge in [-0.05, 0) is 23.3 Å². The molecule has 0 unspecified atom stereocenters. The van der Waals surface area contributed by atoms with Crippen LogP contribution in [0.4, 0.5) is 0 Å². The van der Waals surface area contributed by atoms with Crippen LogP contribution in [-0.2, 0) is 13.1 Å². The van der Waals surface area contributed by atoms with Crippen molar-refractivity contribution < 1.29 is 4.79 Å². The molecule has 0 radical (unpaired) electrons. The smallest absolute Gasteiger partial charge is 0.253 e. The molecule has 126 valence electrons. The van der Waals surface area contributed by atoms with Gasteiger partial charge in [-0.1, -0.05) is 54.3 Å². The van der Waals surface area contributed by atoms with Gasteiger partial charge in [0.1, 0.15) is 0 Å². The maximum absolute atomic E-state index is 12.5. The normalized spacial score (nSPS) is 10.1. The quantitative estimate of drug-likeness (QED) is 0.729. The van der Waals surface area contributed by atoms with Gasteiger partial charge in [-0.2, -0.15) is 0 Å².